The molecular weight excluding hydrogens is 264 g/mol. The lowest BCUT2D eigenvalue weighted by molar-refractivity contribution is 0.416. The number of para-hydroxylation sites is 2. The quantitative estimate of drug-likeness (QED) is 0.796. The monoisotopic (exact) mass is 278 g/mol. The van der Waals surface area contributed by atoms with E-state index >= 15 is 0 Å². The molecule has 0 spiro atoms. The highest BCUT2D eigenvalue weighted by Gasteiger charge is 2.10. The summed E-state index contributed by atoms with van der Waals surface area (Å²) in [5.41, 5.74) is 2.99. The number of ether oxygens (including phenoxy) is 1. The predicted octanol–water partition coefficient (Wildman–Crippen LogP) is 3.52. The summed E-state index contributed by atoms with van der Waals surface area (Å²) < 4.78 is 5.36. The lowest BCUT2D eigenvalue weighted by atomic mass is 10.1. The SMILES string of the molecule is COc1ccccc1-c1cc(-c2ccccc2O)ncn1. The van der Waals surface area contributed by atoms with Crippen molar-refractivity contribution in [1.82, 2.24) is 9.97 Å². The van der Waals surface area contributed by atoms with Gasteiger partial charge in [-0.2, -0.15) is 0 Å². The molecule has 21 heavy (non-hydrogen) atoms. The maximum Gasteiger partial charge on any atom is 0.128 e. The van der Waals surface area contributed by atoms with E-state index in [0.29, 0.717) is 11.3 Å². The van der Waals surface area contributed by atoms with Gasteiger partial charge < -0.3 is 9.84 Å². The first-order valence-corrected chi connectivity index (χ1v) is 6.53. The van der Waals surface area contributed by atoms with Crippen molar-refractivity contribution in [2.24, 2.45) is 0 Å². The highest BCUT2D eigenvalue weighted by Crippen LogP contribution is 2.32. The molecule has 4 nitrogen and oxygen atoms in total. The minimum atomic E-state index is 0.196. The molecule has 4 heteroatoms. The van der Waals surface area contributed by atoms with Crippen molar-refractivity contribution in [1.29, 1.82) is 0 Å². The maximum absolute atomic E-state index is 9.94. The molecule has 1 aromatic heterocycles. The van der Waals surface area contributed by atoms with Crippen LogP contribution in [0.3, 0.4) is 0 Å². The van der Waals surface area contributed by atoms with Crippen LogP contribution in [-0.2, 0) is 0 Å². The summed E-state index contributed by atoms with van der Waals surface area (Å²) in [5.74, 6) is 0.946. The van der Waals surface area contributed by atoms with Gasteiger partial charge >= 0.3 is 0 Å². The van der Waals surface area contributed by atoms with Crippen LogP contribution >= 0.6 is 0 Å². The number of benzene rings is 2. The van der Waals surface area contributed by atoms with Crippen molar-refractivity contribution in [3.05, 3.63) is 60.9 Å². The van der Waals surface area contributed by atoms with Crippen LogP contribution in [0.15, 0.2) is 60.9 Å². The van der Waals surface area contributed by atoms with E-state index in [2.05, 4.69) is 9.97 Å². The zero-order valence-corrected chi connectivity index (χ0v) is 11.5. The molecule has 0 bridgehead atoms. The third-order valence-corrected chi connectivity index (χ3v) is 3.23. The van der Waals surface area contributed by atoms with Gasteiger partial charge in [-0.05, 0) is 30.3 Å². The summed E-state index contributed by atoms with van der Waals surface area (Å²) in [4.78, 5) is 8.54. The Hall–Kier alpha value is -2.88. The van der Waals surface area contributed by atoms with E-state index in [1.807, 2.05) is 42.5 Å². The lowest BCUT2D eigenvalue weighted by Gasteiger charge is -2.09. The van der Waals surface area contributed by atoms with Gasteiger partial charge in [0.2, 0.25) is 0 Å². The first kappa shape index (κ1) is 13.1. The molecule has 0 aliphatic rings. The van der Waals surface area contributed by atoms with Gasteiger partial charge in [-0.3, -0.25) is 0 Å². The number of hydrogen-bond donors (Lipinski definition) is 1. The first-order valence-electron chi connectivity index (χ1n) is 6.53. The molecule has 104 valence electrons. The lowest BCUT2D eigenvalue weighted by Crippen LogP contribution is -1.92. The molecule has 0 fully saturated rings. The number of rotatable bonds is 3. The Kier molecular flexibility index (Phi) is 3.51. The summed E-state index contributed by atoms with van der Waals surface area (Å²) >= 11 is 0. The van der Waals surface area contributed by atoms with Crippen LogP contribution in [0, 0.1) is 0 Å². The number of methoxy groups -OCH3 is 1. The number of aromatic hydroxyl groups is 1. The highest BCUT2D eigenvalue weighted by molar-refractivity contribution is 5.73. The van der Waals surface area contributed by atoms with Gasteiger partial charge in [0.1, 0.15) is 17.8 Å². The van der Waals surface area contributed by atoms with Crippen LogP contribution in [-0.4, -0.2) is 22.2 Å². The molecule has 2 aromatic carbocycles. The molecule has 0 unspecified atom stereocenters. The molecule has 0 saturated carbocycles. The van der Waals surface area contributed by atoms with Crippen LogP contribution in [0.2, 0.25) is 0 Å². The minimum absolute atomic E-state index is 0.196. The van der Waals surface area contributed by atoms with Gasteiger partial charge in [-0.25, -0.2) is 9.97 Å². The van der Waals surface area contributed by atoms with Gasteiger partial charge in [0.05, 0.1) is 18.5 Å². The average Bonchev–Trinajstić information content (AvgIpc) is 2.55. The molecule has 0 amide bonds. The van der Waals surface area contributed by atoms with Crippen LogP contribution in [0.1, 0.15) is 0 Å². The Morgan fingerprint density at radius 1 is 0.857 bits per heavy atom. The number of phenolic OH excluding ortho intramolecular Hbond substituents is 1. The average molecular weight is 278 g/mol. The summed E-state index contributed by atoms with van der Waals surface area (Å²) in [5, 5.41) is 9.94. The van der Waals surface area contributed by atoms with Crippen molar-refractivity contribution in [3.63, 3.8) is 0 Å². The fourth-order valence-corrected chi connectivity index (χ4v) is 2.20. The summed E-state index contributed by atoms with van der Waals surface area (Å²) in [7, 11) is 1.63. The van der Waals surface area contributed by atoms with E-state index < -0.39 is 0 Å². The fourth-order valence-electron chi connectivity index (χ4n) is 2.20. The third-order valence-electron chi connectivity index (χ3n) is 3.23. The molecule has 3 aromatic rings. The molecule has 0 aliphatic carbocycles. The third kappa shape index (κ3) is 2.56. The predicted molar refractivity (Wildman–Crippen MR) is 81.1 cm³/mol. The Bertz CT molecular complexity index is 772. The Morgan fingerprint density at radius 2 is 1.48 bits per heavy atom. The molecule has 3 rings (SSSR count). The van der Waals surface area contributed by atoms with Gasteiger partial charge in [-0.15, -0.1) is 0 Å². The van der Waals surface area contributed by atoms with E-state index in [0.717, 1.165) is 17.0 Å². The van der Waals surface area contributed by atoms with Crippen LogP contribution in [0.5, 0.6) is 11.5 Å². The Morgan fingerprint density at radius 3 is 2.19 bits per heavy atom. The maximum atomic E-state index is 9.94. The van der Waals surface area contributed by atoms with E-state index in [4.69, 9.17) is 4.74 Å². The van der Waals surface area contributed by atoms with Crippen LogP contribution < -0.4 is 4.74 Å². The summed E-state index contributed by atoms with van der Waals surface area (Å²) in [6.07, 6.45) is 1.49. The van der Waals surface area contributed by atoms with Gasteiger partial charge in [0, 0.05) is 11.1 Å². The molecule has 1 N–H and O–H groups in total. The molecule has 0 aliphatic heterocycles. The van der Waals surface area contributed by atoms with Gasteiger partial charge in [0.15, 0.2) is 0 Å². The van der Waals surface area contributed by atoms with Gasteiger partial charge in [0.25, 0.3) is 0 Å². The Balaban J connectivity index is 2.11. The van der Waals surface area contributed by atoms with E-state index in [9.17, 15) is 5.11 Å². The van der Waals surface area contributed by atoms with Crippen LogP contribution in [0.4, 0.5) is 0 Å². The minimum Gasteiger partial charge on any atom is -0.507 e. The molecule has 0 saturated heterocycles. The van der Waals surface area contributed by atoms with E-state index in [1.165, 1.54) is 6.33 Å². The highest BCUT2D eigenvalue weighted by atomic mass is 16.5. The number of aromatic nitrogens is 2. The standard InChI is InChI=1S/C17H14N2O2/c1-21-17-9-5-3-7-13(17)15-10-14(18-11-19-15)12-6-2-4-8-16(12)20/h2-11,20H,1H3. The second kappa shape index (κ2) is 5.63. The first-order chi connectivity index (χ1) is 10.3. The molecule has 1 heterocycles. The fraction of sp³-hybridized carbons (Fsp3) is 0.0588. The topological polar surface area (TPSA) is 55.2 Å². The van der Waals surface area contributed by atoms with E-state index in [-0.39, 0.29) is 5.75 Å². The van der Waals surface area contributed by atoms with Crippen LogP contribution in [0.25, 0.3) is 22.5 Å². The largest absolute Gasteiger partial charge is 0.507 e. The second-order valence-electron chi connectivity index (χ2n) is 4.51. The van der Waals surface area contributed by atoms with E-state index in [1.54, 1.807) is 19.2 Å². The Labute approximate surface area is 122 Å². The number of nitrogens with zero attached hydrogens (tertiary/aromatic N) is 2. The molecule has 0 atom stereocenters. The van der Waals surface area contributed by atoms with Crippen molar-refractivity contribution < 1.29 is 9.84 Å². The van der Waals surface area contributed by atoms with Crippen molar-refractivity contribution in [2.45, 2.75) is 0 Å². The zero-order valence-electron chi connectivity index (χ0n) is 11.5. The molecule has 0 radical (unpaired) electrons. The summed E-state index contributed by atoms with van der Waals surface area (Å²) in [6.45, 7) is 0. The normalized spacial score (nSPS) is 10.3. The smallest absolute Gasteiger partial charge is 0.128 e. The zero-order chi connectivity index (χ0) is 14.7. The number of phenols is 1. The van der Waals surface area contributed by atoms with Crippen molar-refractivity contribution >= 4 is 0 Å². The van der Waals surface area contributed by atoms with Crippen molar-refractivity contribution in [3.8, 4) is 34.0 Å². The second-order valence-corrected chi connectivity index (χ2v) is 4.51. The van der Waals surface area contributed by atoms with Crippen molar-refractivity contribution in [2.75, 3.05) is 7.11 Å². The molecular formula is C17H14N2O2. The number of hydrogen-bond acceptors (Lipinski definition) is 4. The van der Waals surface area contributed by atoms with Gasteiger partial charge in [-0.1, -0.05) is 24.3 Å². The summed E-state index contributed by atoms with van der Waals surface area (Å²) in [6, 6.07) is 16.6.